The molecule has 0 aliphatic carbocycles. The van der Waals surface area contributed by atoms with Gasteiger partial charge in [-0.3, -0.25) is 4.79 Å². The molecule has 1 aromatic heterocycles. The van der Waals surface area contributed by atoms with Crippen LogP contribution in [0.3, 0.4) is 0 Å². The van der Waals surface area contributed by atoms with Crippen LogP contribution in [0, 0.1) is 5.82 Å². The standard InChI is InChI=1S/C27H27FN2O/c1-2-30-19-25(23-10-6-7-11-26(23)30)24(21-12-14-22(28)15-13-21)18-27(31)29-17-16-20-8-4-3-5-9-20/h3-15,19,24H,2,16-18H2,1H3,(H,29,31)/t24-/m1/s1. The second-order valence-corrected chi connectivity index (χ2v) is 7.78. The molecule has 0 saturated heterocycles. The van der Waals surface area contributed by atoms with Crippen LogP contribution in [-0.4, -0.2) is 17.0 Å². The summed E-state index contributed by atoms with van der Waals surface area (Å²) in [5.74, 6) is -0.417. The van der Waals surface area contributed by atoms with Gasteiger partial charge in [-0.05, 0) is 48.2 Å². The molecule has 31 heavy (non-hydrogen) atoms. The number of halogens is 1. The number of carbonyl (C=O) groups is 1. The second-order valence-electron chi connectivity index (χ2n) is 7.78. The van der Waals surface area contributed by atoms with E-state index in [0.29, 0.717) is 13.0 Å². The summed E-state index contributed by atoms with van der Waals surface area (Å²) >= 11 is 0. The highest BCUT2D eigenvalue weighted by Gasteiger charge is 2.22. The fraction of sp³-hybridized carbons (Fsp3) is 0.222. The number of benzene rings is 3. The molecular weight excluding hydrogens is 387 g/mol. The molecule has 0 saturated carbocycles. The molecule has 0 radical (unpaired) electrons. The molecule has 158 valence electrons. The predicted molar refractivity (Wildman–Crippen MR) is 124 cm³/mol. The summed E-state index contributed by atoms with van der Waals surface area (Å²) in [6.07, 6.45) is 3.25. The minimum atomic E-state index is -0.272. The van der Waals surface area contributed by atoms with Crippen molar-refractivity contribution < 1.29 is 9.18 Å². The first-order valence-corrected chi connectivity index (χ1v) is 10.8. The number of hydrogen-bond acceptors (Lipinski definition) is 1. The lowest BCUT2D eigenvalue weighted by molar-refractivity contribution is -0.121. The highest BCUT2D eigenvalue weighted by Crippen LogP contribution is 2.34. The Bertz CT molecular complexity index is 1150. The molecule has 0 unspecified atom stereocenters. The topological polar surface area (TPSA) is 34.0 Å². The van der Waals surface area contributed by atoms with Gasteiger partial charge in [-0.2, -0.15) is 0 Å². The van der Waals surface area contributed by atoms with E-state index in [0.717, 1.165) is 35.0 Å². The van der Waals surface area contributed by atoms with Gasteiger partial charge in [0.2, 0.25) is 5.91 Å². The van der Waals surface area contributed by atoms with Crippen LogP contribution in [0.4, 0.5) is 4.39 Å². The summed E-state index contributed by atoms with van der Waals surface area (Å²) in [4.78, 5) is 12.9. The fourth-order valence-corrected chi connectivity index (χ4v) is 4.17. The number of fused-ring (bicyclic) bond motifs is 1. The van der Waals surface area contributed by atoms with Crippen molar-refractivity contribution in [2.75, 3.05) is 6.54 Å². The SMILES string of the molecule is CCn1cc([C@H](CC(=O)NCCc2ccccc2)c2ccc(F)cc2)c2ccccc21. The molecule has 3 nitrogen and oxygen atoms in total. The molecule has 1 N–H and O–H groups in total. The Labute approximate surface area is 182 Å². The Morgan fingerprint density at radius 1 is 0.968 bits per heavy atom. The molecule has 1 atom stereocenters. The molecule has 4 heteroatoms. The summed E-state index contributed by atoms with van der Waals surface area (Å²) in [7, 11) is 0. The monoisotopic (exact) mass is 414 g/mol. The molecule has 1 amide bonds. The maximum absolute atomic E-state index is 13.6. The van der Waals surface area contributed by atoms with Crippen LogP contribution >= 0.6 is 0 Å². The van der Waals surface area contributed by atoms with Gasteiger partial charge in [0, 0.05) is 42.5 Å². The van der Waals surface area contributed by atoms with Gasteiger partial charge in [0.05, 0.1) is 0 Å². The summed E-state index contributed by atoms with van der Waals surface area (Å²) in [6.45, 7) is 3.55. The Morgan fingerprint density at radius 2 is 1.68 bits per heavy atom. The number of aromatic nitrogens is 1. The summed E-state index contributed by atoms with van der Waals surface area (Å²) in [5.41, 5.74) is 4.39. The maximum Gasteiger partial charge on any atom is 0.220 e. The largest absolute Gasteiger partial charge is 0.356 e. The minimum absolute atomic E-state index is 0.00131. The maximum atomic E-state index is 13.6. The van der Waals surface area contributed by atoms with Gasteiger partial charge in [0.25, 0.3) is 0 Å². The van der Waals surface area contributed by atoms with Crippen molar-refractivity contribution in [1.29, 1.82) is 0 Å². The number of nitrogens with zero attached hydrogens (tertiary/aromatic N) is 1. The molecule has 0 fully saturated rings. The van der Waals surface area contributed by atoms with Crippen LogP contribution in [0.5, 0.6) is 0 Å². The van der Waals surface area contributed by atoms with Crippen molar-refractivity contribution in [1.82, 2.24) is 9.88 Å². The Kier molecular flexibility index (Phi) is 6.46. The Hall–Kier alpha value is -3.40. The fourth-order valence-electron chi connectivity index (χ4n) is 4.17. The van der Waals surface area contributed by atoms with Gasteiger partial charge in [-0.15, -0.1) is 0 Å². The first-order valence-electron chi connectivity index (χ1n) is 10.8. The van der Waals surface area contributed by atoms with E-state index in [-0.39, 0.29) is 17.6 Å². The molecule has 0 aliphatic heterocycles. The van der Waals surface area contributed by atoms with Crippen LogP contribution in [0.25, 0.3) is 10.9 Å². The molecular formula is C27H27FN2O. The first-order chi connectivity index (χ1) is 15.2. The lowest BCUT2D eigenvalue weighted by Crippen LogP contribution is -2.27. The van der Waals surface area contributed by atoms with E-state index < -0.39 is 0 Å². The number of rotatable bonds is 8. The zero-order chi connectivity index (χ0) is 21.6. The van der Waals surface area contributed by atoms with Crippen molar-refractivity contribution in [2.24, 2.45) is 0 Å². The van der Waals surface area contributed by atoms with E-state index >= 15 is 0 Å². The quantitative estimate of drug-likeness (QED) is 0.395. The number of aryl methyl sites for hydroxylation is 1. The third-order valence-electron chi connectivity index (χ3n) is 5.78. The molecule has 4 rings (SSSR count). The molecule has 0 aliphatic rings. The van der Waals surface area contributed by atoms with Crippen molar-refractivity contribution in [3.05, 3.63) is 108 Å². The average Bonchev–Trinajstić information content (AvgIpc) is 3.17. The second kappa shape index (κ2) is 9.61. The zero-order valence-electron chi connectivity index (χ0n) is 17.7. The molecule has 0 bridgehead atoms. The van der Waals surface area contributed by atoms with Crippen LogP contribution in [0.2, 0.25) is 0 Å². The third-order valence-corrected chi connectivity index (χ3v) is 5.78. The van der Waals surface area contributed by atoms with E-state index in [4.69, 9.17) is 0 Å². The number of amides is 1. The van der Waals surface area contributed by atoms with Gasteiger partial charge in [0.1, 0.15) is 5.82 Å². The Morgan fingerprint density at radius 3 is 2.42 bits per heavy atom. The summed E-state index contributed by atoms with van der Waals surface area (Å²) < 4.78 is 15.8. The molecule has 4 aromatic rings. The summed E-state index contributed by atoms with van der Waals surface area (Å²) in [5, 5.41) is 4.20. The minimum Gasteiger partial charge on any atom is -0.356 e. The van der Waals surface area contributed by atoms with E-state index in [1.807, 2.05) is 30.3 Å². The smallest absolute Gasteiger partial charge is 0.220 e. The van der Waals surface area contributed by atoms with Crippen molar-refractivity contribution in [3.8, 4) is 0 Å². The van der Waals surface area contributed by atoms with Gasteiger partial charge >= 0.3 is 0 Å². The van der Waals surface area contributed by atoms with E-state index in [9.17, 15) is 9.18 Å². The third kappa shape index (κ3) is 4.85. The molecule has 0 spiro atoms. The zero-order valence-corrected chi connectivity index (χ0v) is 17.7. The van der Waals surface area contributed by atoms with Crippen molar-refractivity contribution >= 4 is 16.8 Å². The Balaban J connectivity index is 1.58. The average molecular weight is 415 g/mol. The number of nitrogens with one attached hydrogen (secondary N) is 1. The summed E-state index contributed by atoms with van der Waals surface area (Å²) in [6, 6.07) is 24.9. The highest BCUT2D eigenvalue weighted by molar-refractivity contribution is 5.86. The van der Waals surface area contributed by atoms with Crippen LogP contribution in [0.1, 0.15) is 36.0 Å². The number of carbonyl (C=O) groups excluding carboxylic acids is 1. The van der Waals surface area contributed by atoms with Crippen molar-refractivity contribution in [3.63, 3.8) is 0 Å². The van der Waals surface area contributed by atoms with Crippen molar-refractivity contribution in [2.45, 2.75) is 32.2 Å². The van der Waals surface area contributed by atoms with Crippen LogP contribution < -0.4 is 5.32 Å². The number of para-hydroxylation sites is 1. The highest BCUT2D eigenvalue weighted by atomic mass is 19.1. The van der Waals surface area contributed by atoms with Gasteiger partial charge in [-0.25, -0.2) is 4.39 Å². The lowest BCUT2D eigenvalue weighted by atomic mass is 9.88. The van der Waals surface area contributed by atoms with Gasteiger partial charge in [0.15, 0.2) is 0 Å². The number of hydrogen-bond donors (Lipinski definition) is 1. The van der Waals surface area contributed by atoms with Gasteiger partial charge in [-0.1, -0.05) is 60.7 Å². The molecule has 3 aromatic carbocycles. The molecule has 1 heterocycles. The van der Waals surface area contributed by atoms with E-state index in [1.54, 1.807) is 12.1 Å². The van der Waals surface area contributed by atoms with Gasteiger partial charge < -0.3 is 9.88 Å². The van der Waals surface area contributed by atoms with Crippen LogP contribution in [0.15, 0.2) is 85.1 Å². The predicted octanol–water partition coefficient (Wildman–Crippen LogP) is 5.68. The normalized spacial score (nSPS) is 12.1. The van der Waals surface area contributed by atoms with Crippen LogP contribution in [-0.2, 0) is 17.8 Å². The van der Waals surface area contributed by atoms with E-state index in [2.05, 4.69) is 47.3 Å². The lowest BCUT2D eigenvalue weighted by Gasteiger charge is -2.17. The van der Waals surface area contributed by atoms with E-state index in [1.165, 1.54) is 17.7 Å². The first kappa shape index (κ1) is 20.9.